The van der Waals surface area contributed by atoms with Crippen LogP contribution in [0.1, 0.15) is 34.1 Å². The second-order valence-electron chi connectivity index (χ2n) is 3.53. The SMILES string of the molecule is CC[C@H](C)C(CN)C(C)C. The van der Waals surface area contributed by atoms with Crippen LogP contribution in [-0.4, -0.2) is 6.54 Å². The minimum Gasteiger partial charge on any atom is -0.330 e. The monoisotopic (exact) mass is 143 g/mol. The van der Waals surface area contributed by atoms with E-state index in [0.717, 1.165) is 18.4 Å². The molecular formula is C9H21N. The highest BCUT2D eigenvalue weighted by Gasteiger charge is 2.16. The van der Waals surface area contributed by atoms with Gasteiger partial charge in [-0.15, -0.1) is 0 Å². The van der Waals surface area contributed by atoms with Crippen molar-refractivity contribution in [2.45, 2.75) is 34.1 Å². The van der Waals surface area contributed by atoms with Gasteiger partial charge in [0.15, 0.2) is 0 Å². The Bertz CT molecular complexity index is 78.8. The first-order valence-electron chi connectivity index (χ1n) is 4.33. The number of rotatable bonds is 4. The average Bonchev–Trinajstić information content (AvgIpc) is 1.88. The molecule has 0 aromatic heterocycles. The zero-order chi connectivity index (χ0) is 8.15. The first kappa shape index (κ1) is 9.96. The van der Waals surface area contributed by atoms with Gasteiger partial charge < -0.3 is 5.73 Å². The summed E-state index contributed by atoms with van der Waals surface area (Å²) < 4.78 is 0. The quantitative estimate of drug-likeness (QED) is 0.642. The van der Waals surface area contributed by atoms with Crippen LogP contribution in [0.3, 0.4) is 0 Å². The summed E-state index contributed by atoms with van der Waals surface area (Å²) in [5, 5.41) is 0. The first-order valence-corrected chi connectivity index (χ1v) is 4.33. The molecule has 0 aromatic rings. The average molecular weight is 143 g/mol. The fourth-order valence-corrected chi connectivity index (χ4v) is 1.46. The Balaban J connectivity index is 3.80. The summed E-state index contributed by atoms with van der Waals surface area (Å²) in [6, 6.07) is 0. The van der Waals surface area contributed by atoms with Gasteiger partial charge >= 0.3 is 0 Å². The van der Waals surface area contributed by atoms with Crippen molar-refractivity contribution in [3.8, 4) is 0 Å². The number of nitrogens with two attached hydrogens (primary N) is 1. The van der Waals surface area contributed by atoms with Crippen LogP contribution in [0.2, 0.25) is 0 Å². The van der Waals surface area contributed by atoms with Crippen LogP contribution in [0.4, 0.5) is 0 Å². The molecule has 0 aliphatic rings. The van der Waals surface area contributed by atoms with Gasteiger partial charge in [-0.25, -0.2) is 0 Å². The molecule has 1 heteroatoms. The van der Waals surface area contributed by atoms with Crippen molar-refractivity contribution in [2.75, 3.05) is 6.54 Å². The van der Waals surface area contributed by atoms with Crippen LogP contribution >= 0.6 is 0 Å². The van der Waals surface area contributed by atoms with Crippen molar-refractivity contribution >= 4 is 0 Å². The molecule has 0 bridgehead atoms. The zero-order valence-electron chi connectivity index (χ0n) is 7.72. The molecule has 0 heterocycles. The predicted molar refractivity (Wildman–Crippen MR) is 46.8 cm³/mol. The first-order chi connectivity index (χ1) is 4.63. The highest BCUT2D eigenvalue weighted by Crippen LogP contribution is 2.21. The molecule has 2 N–H and O–H groups in total. The molecule has 62 valence electrons. The summed E-state index contributed by atoms with van der Waals surface area (Å²) in [5.74, 6) is 2.23. The minimum atomic E-state index is 0.713. The van der Waals surface area contributed by atoms with Gasteiger partial charge in [-0.2, -0.15) is 0 Å². The Morgan fingerprint density at radius 3 is 1.80 bits per heavy atom. The van der Waals surface area contributed by atoms with E-state index in [4.69, 9.17) is 5.73 Å². The lowest BCUT2D eigenvalue weighted by Crippen LogP contribution is -2.25. The van der Waals surface area contributed by atoms with Crippen molar-refractivity contribution in [3.05, 3.63) is 0 Å². The highest BCUT2D eigenvalue weighted by molar-refractivity contribution is 4.68. The van der Waals surface area contributed by atoms with Crippen LogP contribution < -0.4 is 5.73 Å². The Labute approximate surface area is 65.0 Å². The van der Waals surface area contributed by atoms with E-state index in [-0.39, 0.29) is 0 Å². The molecule has 1 nitrogen and oxygen atoms in total. The van der Waals surface area contributed by atoms with Crippen molar-refractivity contribution in [2.24, 2.45) is 23.5 Å². The van der Waals surface area contributed by atoms with E-state index in [9.17, 15) is 0 Å². The fourth-order valence-electron chi connectivity index (χ4n) is 1.46. The lowest BCUT2D eigenvalue weighted by atomic mass is 9.83. The smallest absolute Gasteiger partial charge is 0.00439 e. The van der Waals surface area contributed by atoms with Crippen LogP contribution in [0.5, 0.6) is 0 Å². The van der Waals surface area contributed by atoms with E-state index >= 15 is 0 Å². The lowest BCUT2D eigenvalue weighted by Gasteiger charge is -2.24. The molecule has 0 amide bonds. The Morgan fingerprint density at radius 2 is 1.70 bits per heavy atom. The second-order valence-corrected chi connectivity index (χ2v) is 3.53. The van der Waals surface area contributed by atoms with Crippen LogP contribution in [0.15, 0.2) is 0 Å². The van der Waals surface area contributed by atoms with Crippen LogP contribution in [-0.2, 0) is 0 Å². The molecule has 0 aliphatic heterocycles. The minimum absolute atomic E-state index is 0.713. The fraction of sp³-hybridized carbons (Fsp3) is 1.00. The van der Waals surface area contributed by atoms with Gasteiger partial charge in [0.05, 0.1) is 0 Å². The third kappa shape index (κ3) is 2.70. The van der Waals surface area contributed by atoms with E-state index in [0.29, 0.717) is 5.92 Å². The molecule has 0 saturated heterocycles. The van der Waals surface area contributed by atoms with Crippen molar-refractivity contribution in [3.63, 3.8) is 0 Å². The molecule has 10 heavy (non-hydrogen) atoms. The normalized spacial score (nSPS) is 17.4. The summed E-state index contributed by atoms with van der Waals surface area (Å²) in [4.78, 5) is 0. The summed E-state index contributed by atoms with van der Waals surface area (Å²) in [5.41, 5.74) is 5.65. The van der Waals surface area contributed by atoms with E-state index in [1.807, 2.05) is 0 Å². The third-order valence-electron chi connectivity index (χ3n) is 2.50. The molecule has 0 saturated carbocycles. The molecule has 1 unspecified atom stereocenters. The summed E-state index contributed by atoms with van der Waals surface area (Å²) in [7, 11) is 0. The predicted octanol–water partition coefficient (Wildman–Crippen LogP) is 2.26. The maximum absolute atomic E-state index is 5.65. The van der Waals surface area contributed by atoms with E-state index < -0.39 is 0 Å². The van der Waals surface area contributed by atoms with E-state index in [1.54, 1.807) is 0 Å². The van der Waals surface area contributed by atoms with E-state index in [2.05, 4.69) is 27.7 Å². The molecule has 0 rings (SSSR count). The third-order valence-corrected chi connectivity index (χ3v) is 2.50. The van der Waals surface area contributed by atoms with Gasteiger partial charge in [0.1, 0.15) is 0 Å². The number of hydrogen-bond acceptors (Lipinski definition) is 1. The molecule has 0 aromatic carbocycles. The van der Waals surface area contributed by atoms with Crippen LogP contribution in [0, 0.1) is 17.8 Å². The molecule has 0 spiro atoms. The standard InChI is InChI=1S/C9H21N/c1-5-8(4)9(6-10)7(2)3/h7-9H,5-6,10H2,1-4H3/t8-,9?/m0/s1. The molecule has 0 fully saturated rings. The Kier molecular flexibility index (Phi) is 4.71. The van der Waals surface area contributed by atoms with Gasteiger partial charge in [0, 0.05) is 0 Å². The molecule has 0 aliphatic carbocycles. The topological polar surface area (TPSA) is 26.0 Å². The van der Waals surface area contributed by atoms with Gasteiger partial charge in [-0.3, -0.25) is 0 Å². The Morgan fingerprint density at radius 1 is 1.20 bits per heavy atom. The van der Waals surface area contributed by atoms with Gasteiger partial charge in [0.25, 0.3) is 0 Å². The molecule has 0 radical (unpaired) electrons. The van der Waals surface area contributed by atoms with Crippen molar-refractivity contribution < 1.29 is 0 Å². The molecule has 2 atom stereocenters. The van der Waals surface area contributed by atoms with E-state index in [1.165, 1.54) is 6.42 Å². The zero-order valence-corrected chi connectivity index (χ0v) is 7.72. The summed E-state index contributed by atoms with van der Waals surface area (Å²) in [6.45, 7) is 9.87. The molecular weight excluding hydrogens is 122 g/mol. The second kappa shape index (κ2) is 4.73. The maximum Gasteiger partial charge on any atom is -0.00439 e. The van der Waals surface area contributed by atoms with Gasteiger partial charge in [0.2, 0.25) is 0 Å². The summed E-state index contributed by atoms with van der Waals surface area (Å²) in [6.07, 6.45) is 1.25. The number of hydrogen-bond donors (Lipinski definition) is 1. The van der Waals surface area contributed by atoms with Gasteiger partial charge in [-0.05, 0) is 24.3 Å². The highest BCUT2D eigenvalue weighted by atomic mass is 14.6. The van der Waals surface area contributed by atoms with Crippen molar-refractivity contribution in [1.82, 2.24) is 0 Å². The summed E-state index contributed by atoms with van der Waals surface area (Å²) >= 11 is 0. The largest absolute Gasteiger partial charge is 0.330 e. The van der Waals surface area contributed by atoms with Crippen molar-refractivity contribution in [1.29, 1.82) is 0 Å². The van der Waals surface area contributed by atoms with Crippen LogP contribution in [0.25, 0.3) is 0 Å². The maximum atomic E-state index is 5.65. The lowest BCUT2D eigenvalue weighted by molar-refractivity contribution is 0.272. The Hall–Kier alpha value is -0.0400. The van der Waals surface area contributed by atoms with Gasteiger partial charge in [-0.1, -0.05) is 34.1 Å².